The number of rotatable bonds is 6. The number of aromatic carboxylic acids is 1. The van der Waals surface area contributed by atoms with Gasteiger partial charge >= 0.3 is 5.97 Å². The minimum absolute atomic E-state index is 0.110. The van der Waals surface area contributed by atoms with Crippen LogP contribution in [0.4, 0.5) is 0 Å². The van der Waals surface area contributed by atoms with Crippen molar-refractivity contribution >= 4 is 5.97 Å². The van der Waals surface area contributed by atoms with Crippen molar-refractivity contribution in [2.24, 2.45) is 5.92 Å². The molecule has 0 radical (unpaired) electrons. The summed E-state index contributed by atoms with van der Waals surface area (Å²) in [5.41, 5.74) is 2.68. The van der Waals surface area contributed by atoms with Crippen molar-refractivity contribution in [2.75, 3.05) is 6.61 Å². The second kappa shape index (κ2) is 8.07. The van der Waals surface area contributed by atoms with E-state index in [1.807, 2.05) is 18.2 Å². The second-order valence-corrected chi connectivity index (χ2v) is 8.47. The molecule has 3 rings (SSSR count). The molecule has 0 bridgehead atoms. The van der Waals surface area contributed by atoms with Crippen LogP contribution >= 0.6 is 0 Å². The maximum Gasteiger partial charge on any atom is 0.335 e. The molecule has 6 heteroatoms. The molecule has 0 fully saturated rings. The Morgan fingerprint density at radius 2 is 1.76 bits per heavy atom. The normalized spacial score (nSPS) is 11.7. The predicted molar refractivity (Wildman–Crippen MR) is 111 cm³/mol. The zero-order valence-corrected chi connectivity index (χ0v) is 17.4. The summed E-state index contributed by atoms with van der Waals surface area (Å²) < 4.78 is 11.4. The smallest absolute Gasteiger partial charge is 0.335 e. The highest BCUT2D eigenvalue weighted by Gasteiger charge is 2.21. The standard InChI is InChI=1S/C23H26N2O4/c1-14(2)13-28-19-11-10-17(12-18(19)23(3,4)5)20-24-21(29-25-20)15-6-8-16(9-7-15)22(26)27/h6-12,14H,13H2,1-5H3,(H,26,27). The highest BCUT2D eigenvalue weighted by atomic mass is 16.5. The fraction of sp³-hybridized carbons (Fsp3) is 0.348. The van der Waals surface area contributed by atoms with Gasteiger partial charge in [-0.2, -0.15) is 4.98 Å². The molecule has 152 valence electrons. The monoisotopic (exact) mass is 394 g/mol. The Morgan fingerprint density at radius 1 is 1.10 bits per heavy atom. The van der Waals surface area contributed by atoms with Crippen molar-refractivity contribution < 1.29 is 19.2 Å². The first kappa shape index (κ1) is 20.6. The van der Waals surface area contributed by atoms with E-state index in [0.29, 0.717) is 29.8 Å². The number of benzene rings is 2. The van der Waals surface area contributed by atoms with E-state index < -0.39 is 5.97 Å². The van der Waals surface area contributed by atoms with Crippen molar-refractivity contribution in [3.8, 4) is 28.6 Å². The zero-order valence-electron chi connectivity index (χ0n) is 17.4. The first-order valence-corrected chi connectivity index (χ1v) is 9.60. The molecule has 0 saturated carbocycles. The van der Waals surface area contributed by atoms with Crippen LogP contribution in [0.5, 0.6) is 5.75 Å². The number of carbonyl (C=O) groups is 1. The van der Waals surface area contributed by atoms with Crippen LogP contribution in [0.2, 0.25) is 0 Å². The summed E-state index contributed by atoms with van der Waals surface area (Å²) in [6.45, 7) is 11.3. The Balaban J connectivity index is 1.92. The van der Waals surface area contributed by atoms with Gasteiger partial charge < -0.3 is 14.4 Å². The fourth-order valence-electron chi connectivity index (χ4n) is 2.85. The quantitative estimate of drug-likeness (QED) is 0.600. The molecule has 0 unspecified atom stereocenters. The van der Waals surface area contributed by atoms with E-state index in [1.165, 1.54) is 12.1 Å². The van der Waals surface area contributed by atoms with E-state index in [0.717, 1.165) is 16.9 Å². The van der Waals surface area contributed by atoms with Crippen molar-refractivity contribution in [1.29, 1.82) is 0 Å². The number of carboxylic acid groups (broad SMARTS) is 1. The lowest BCUT2D eigenvalue weighted by Gasteiger charge is -2.24. The van der Waals surface area contributed by atoms with E-state index in [4.69, 9.17) is 14.4 Å². The van der Waals surface area contributed by atoms with Gasteiger partial charge in [0.05, 0.1) is 12.2 Å². The fourth-order valence-corrected chi connectivity index (χ4v) is 2.85. The Bertz CT molecular complexity index is 998. The van der Waals surface area contributed by atoms with Gasteiger partial charge in [-0.3, -0.25) is 0 Å². The molecular weight excluding hydrogens is 368 g/mol. The Morgan fingerprint density at radius 3 is 2.34 bits per heavy atom. The average Bonchev–Trinajstić information content (AvgIpc) is 3.15. The van der Waals surface area contributed by atoms with Crippen LogP contribution in [0.25, 0.3) is 22.8 Å². The third-order valence-electron chi connectivity index (χ3n) is 4.42. The third kappa shape index (κ3) is 4.83. The lowest BCUT2D eigenvalue weighted by Crippen LogP contribution is -2.15. The van der Waals surface area contributed by atoms with E-state index in [-0.39, 0.29) is 11.0 Å². The van der Waals surface area contributed by atoms with Gasteiger partial charge in [-0.05, 0) is 53.8 Å². The summed E-state index contributed by atoms with van der Waals surface area (Å²) in [5, 5.41) is 13.1. The third-order valence-corrected chi connectivity index (χ3v) is 4.42. The first-order valence-electron chi connectivity index (χ1n) is 9.60. The minimum atomic E-state index is -0.975. The van der Waals surface area contributed by atoms with Gasteiger partial charge in [-0.25, -0.2) is 4.79 Å². The number of hydrogen-bond donors (Lipinski definition) is 1. The van der Waals surface area contributed by atoms with Gasteiger partial charge in [0.2, 0.25) is 5.82 Å². The topological polar surface area (TPSA) is 85.5 Å². The SMILES string of the molecule is CC(C)COc1ccc(-c2noc(-c3ccc(C(=O)O)cc3)n2)cc1C(C)(C)C. The molecule has 29 heavy (non-hydrogen) atoms. The molecule has 0 atom stereocenters. The predicted octanol–water partition coefficient (Wildman–Crippen LogP) is 5.43. The highest BCUT2D eigenvalue weighted by molar-refractivity contribution is 5.88. The van der Waals surface area contributed by atoms with Crippen LogP contribution in [-0.2, 0) is 5.41 Å². The molecular formula is C23H26N2O4. The van der Waals surface area contributed by atoms with Gasteiger partial charge in [-0.15, -0.1) is 0 Å². The van der Waals surface area contributed by atoms with Gasteiger partial charge in [-0.1, -0.05) is 39.8 Å². The molecule has 6 nitrogen and oxygen atoms in total. The maximum atomic E-state index is 11.0. The zero-order chi connectivity index (χ0) is 21.2. The van der Waals surface area contributed by atoms with E-state index in [2.05, 4.69) is 44.8 Å². The van der Waals surface area contributed by atoms with Crippen molar-refractivity contribution in [3.05, 3.63) is 53.6 Å². The number of carboxylic acids is 1. The molecule has 1 aromatic heterocycles. The summed E-state index contributed by atoms with van der Waals surface area (Å²) in [6, 6.07) is 12.3. The summed E-state index contributed by atoms with van der Waals surface area (Å²) in [7, 11) is 0. The van der Waals surface area contributed by atoms with Crippen molar-refractivity contribution in [3.63, 3.8) is 0 Å². The van der Waals surface area contributed by atoms with Crippen LogP contribution in [0, 0.1) is 5.92 Å². The summed E-state index contributed by atoms with van der Waals surface area (Å²) in [4.78, 5) is 15.5. The molecule has 3 aromatic rings. The molecule has 0 aliphatic heterocycles. The van der Waals surface area contributed by atoms with E-state index >= 15 is 0 Å². The number of ether oxygens (including phenoxy) is 1. The van der Waals surface area contributed by atoms with Crippen LogP contribution in [0.15, 0.2) is 47.0 Å². The summed E-state index contributed by atoms with van der Waals surface area (Å²) >= 11 is 0. The molecule has 1 heterocycles. The first-order chi connectivity index (χ1) is 13.6. The Labute approximate surface area is 170 Å². The lowest BCUT2D eigenvalue weighted by molar-refractivity contribution is 0.0697. The second-order valence-electron chi connectivity index (χ2n) is 8.47. The molecule has 0 saturated heterocycles. The number of nitrogens with zero attached hydrogens (tertiary/aromatic N) is 2. The molecule has 1 N–H and O–H groups in total. The number of aromatic nitrogens is 2. The Hall–Kier alpha value is -3.15. The molecule has 0 aliphatic rings. The Kier molecular flexibility index (Phi) is 5.73. The van der Waals surface area contributed by atoms with Gasteiger partial charge in [0, 0.05) is 16.7 Å². The molecule has 0 spiro atoms. The van der Waals surface area contributed by atoms with E-state index in [9.17, 15) is 4.79 Å². The van der Waals surface area contributed by atoms with Gasteiger partial charge in [0.25, 0.3) is 5.89 Å². The number of hydrogen-bond acceptors (Lipinski definition) is 5. The lowest BCUT2D eigenvalue weighted by atomic mass is 9.85. The summed E-state index contributed by atoms with van der Waals surface area (Å²) in [6.07, 6.45) is 0. The van der Waals surface area contributed by atoms with Crippen LogP contribution < -0.4 is 4.74 Å². The van der Waals surface area contributed by atoms with Gasteiger partial charge in [0.15, 0.2) is 0 Å². The average molecular weight is 394 g/mol. The highest BCUT2D eigenvalue weighted by Crippen LogP contribution is 2.35. The largest absolute Gasteiger partial charge is 0.493 e. The molecule has 0 amide bonds. The van der Waals surface area contributed by atoms with Crippen LogP contribution in [-0.4, -0.2) is 27.8 Å². The van der Waals surface area contributed by atoms with Crippen molar-refractivity contribution in [1.82, 2.24) is 10.1 Å². The van der Waals surface area contributed by atoms with Crippen molar-refractivity contribution in [2.45, 2.75) is 40.0 Å². The molecule has 0 aliphatic carbocycles. The maximum absolute atomic E-state index is 11.0. The van der Waals surface area contributed by atoms with E-state index in [1.54, 1.807) is 12.1 Å². The summed E-state index contributed by atoms with van der Waals surface area (Å²) in [5.74, 6) is 1.15. The minimum Gasteiger partial charge on any atom is -0.493 e. The van der Waals surface area contributed by atoms with Crippen LogP contribution in [0.1, 0.15) is 50.5 Å². The van der Waals surface area contributed by atoms with Gasteiger partial charge in [0.1, 0.15) is 5.75 Å². The van der Waals surface area contributed by atoms with Crippen LogP contribution in [0.3, 0.4) is 0 Å². The molecule has 2 aromatic carbocycles.